The number of ether oxygens (including phenoxy) is 1. The molecule has 3 heteroatoms. The molecule has 0 aromatic carbocycles. The zero-order valence-electron chi connectivity index (χ0n) is 15.6. The zero-order chi connectivity index (χ0) is 17.8. The molecule has 7 atom stereocenters. The summed E-state index contributed by atoms with van der Waals surface area (Å²) in [5.74, 6) is 2.22. The highest BCUT2D eigenvalue weighted by Crippen LogP contribution is 2.73. The summed E-state index contributed by atoms with van der Waals surface area (Å²) in [7, 11) is 0. The lowest BCUT2D eigenvalue weighted by Crippen LogP contribution is -2.54. The smallest absolute Gasteiger partial charge is 0.164 e. The number of carbonyl (C=O) groups is 2. The van der Waals surface area contributed by atoms with Crippen molar-refractivity contribution >= 4 is 11.6 Å². The number of hydrogen-bond acceptors (Lipinski definition) is 3. The molecule has 4 aliphatic carbocycles. The summed E-state index contributed by atoms with van der Waals surface area (Å²) in [5.41, 5.74) is 1.97. The minimum atomic E-state index is -0.497. The largest absolute Gasteiger partial charge is 0.357 e. The standard InChI is InChI=1S/C22H28O3/c1-12-9-15-16(20(3)7-5-14(24)10-17(12)20)6-8-21(4)18(15)11-19-22(21,25-19)13(2)23/h10,15-16,18-19H,1,5-9,11H2,2-4H3/t15-,16+,18+,19-,20-,21+,22-/m1/s1. The molecule has 0 aromatic rings. The summed E-state index contributed by atoms with van der Waals surface area (Å²) in [6.07, 6.45) is 7.88. The first kappa shape index (κ1) is 16.0. The van der Waals surface area contributed by atoms with Gasteiger partial charge in [0, 0.05) is 11.8 Å². The van der Waals surface area contributed by atoms with Crippen LogP contribution in [0.25, 0.3) is 0 Å². The average molecular weight is 340 g/mol. The van der Waals surface area contributed by atoms with Gasteiger partial charge in [0.15, 0.2) is 17.2 Å². The average Bonchev–Trinajstić information content (AvgIpc) is 3.23. The third-order valence-corrected chi connectivity index (χ3v) is 8.88. The van der Waals surface area contributed by atoms with Gasteiger partial charge in [-0.1, -0.05) is 26.0 Å². The Balaban J connectivity index is 1.56. The molecule has 0 aromatic heterocycles. The van der Waals surface area contributed by atoms with E-state index in [1.54, 1.807) is 6.92 Å². The van der Waals surface area contributed by atoms with Crippen LogP contribution in [-0.2, 0) is 14.3 Å². The Morgan fingerprint density at radius 1 is 1.28 bits per heavy atom. The van der Waals surface area contributed by atoms with Crippen LogP contribution in [0.2, 0.25) is 0 Å². The second-order valence-electron chi connectivity index (χ2n) is 9.72. The fourth-order valence-corrected chi connectivity index (χ4v) is 7.63. The van der Waals surface area contributed by atoms with E-state index in [4.69, 9.17) is 4.74 Å². The van der Waals surface area contributed by atoms with Crippen molar-refractivity contribution in [3.63, 3.8) is 0 Å². The van der Waals surface area contributed by atoms with Gasteiger partial charge < -0.3 is 4.74 Å². The van der Waals surface area contributed by atoms with Crippen LogP contribution >= 0.6 is 0 Å². The predicted molar refractivity (Wildman–Crippen MR) is 94.9 cm³/mol. The molecule has 1 aliphatic heterocycles. The van der Waals surface area contributed by atoms with E-state index < -0.39 is 5.60 Å². The lowest BCUT2D eigenvalue weighted by Gasteiger charge is -2.58. The Morgan fingerprint density at radius 3 is 2.76 bits per heavy atom. The molecule has 3 nitrogen and oxygen atoms in total. The van der Waals surface area contributed by atoms with Gasteiger partial charge in [-0.2, -0.15) is 0 Å². The number of allylic oxidation sites excluding steroid dienone is 2. The van der Waals surface area contributed by atoms with E-state index in [0.717, 1.165) is 32.1 Å². The van der Waals surface area contributed by atoms with E-state index in [9.17, 15) is 9.59 Å². The maximum atomic E-state index is 12.4. The molecule has 0 bridgehead atoms. The van der Waals surface area contributed by atoms with Crippen molar-refractivity contribution < 1.29 is 14.3 Å². The molecular formula is C22H28O3. The molecule has 1 heterocycles. The monoisotopic (exact) mass is 340 g/mol. The third-order valence-electron chi connectivity index (χ3n) is 8.88. The normalized spacial score (nSPS) is 53.3. The predicted octanol–water partition coefficient (Wildman–Crippen LogP) is 4.02. The molecule has 4 fully saturated rings. The minimum absolute atomic E-state index is 0.0208. The Hall–Kier alpha value is -1.22. The van der Waals surface area contributed by atoms with E-state index in [1.807, 2.05) is 6.08 Å². The molecule has 5 aliphatic rings. The molecule has 1 saturated heterocycles. The van der Waals surface area contributed by atoms with Gasteiger partial charge in [0.1, 0.15) is 0 Å². The van der Waals surface area contributed by atoms with E-state index in [1.165, 1.54) is 11.1 Å². The van der Waals surface area contributed by atoms with Crippen LogP contribution < -0.4 is 0 Å². The second kappa shape index (κ2) is 4.54. The molecule has 25 heavy (non-hydrogen) atoms. The molecule has 0 radical (unpaired) electrons. The number of ketones is 2. The molecule has 3 saturated carbocycles. The van der Waals surface area contributed by atoms with Crippen molar-refractivity contribution in [1.29, 1.82) is 0 Å². The minimum Gasteiger partial charge on any atom is -0.357 e. The van der Waals surface area contributed by atoms with Crippen LogP contribution in [0, 0.1) is 28.6 Å². The Kier molecular flexibility index (Phi) is 2.90. The number of fused-ring (bicyclic) bond motifs is 7. The summed E-state index contributed by atoms with van der Waals surface area (Å²) in [5, 5.41) is 0. The summed E-state index contributed by atoms with van der Waals surface area (Å²) in [6, 6.07) is 0. The van der Waals surface area contributed by atoms with Crippen molar-refractivity contribution in [3.05, 3.63) is 23.8 Å². The molecule has 0 spiro atoms. The Labute approximate surface area is 149 Å². The van der Waals surface area contributed by atoms with Gasteiger partial charge in [0.2, 0.25) is 0 Å². The van der Waals surface area contributed by atoms with Gasteiger partial charge in [0.25, 0.3) is 0 Å². The van der Waals surface area contributed by atoms with Crippen molar-refractivity contribution in [2.24, 2.45) is 28.6 Å². The second-order valence-corrected chi connectivity index (χ2v) is 9.72. The van der Waals surface area contributed by atoms with Crippen LogP contribution in [0.5, 0.6) is 0 Å². The van der Waals surface area contributed by atoms with Crippen molar-refractivity contribution in [2.45, 2.75) is 71.0 Å². The molecule has 0 unspecified atom stereocenters. The highest BCUT2D eigenvalue weighted by Gasteiger charge is 2.79. The van der Waals surface area contributed by atoms with E-state index in [0.29, 0.717) is 24.2 Å². The SMILES string of the molecule is C=C1C[C@@H]2[C@H](CC[C@@]3(C)[C@H]2C[C@H]2O[C@]23C(C)=O)[C@@]2(C)CCC(=O)C=C12. The lowest BCUT2D eigenvalue weighted by molar-refractivity contribution is -0.135. The van der Waals surface area contributed by atoms with Crippen molar-refractivity contribution in [3.8, 4) is 0 Å². The van der Waals surface area contributed by atoms with E-state index in [-0.39, 0.29) is 28.5 Å². The molecule has 0 N–H and O–H groups in total. The first-order valence-electron chi connectivity index (χ1n) is 9.86. The number of hydrogen-bond donors (Lipinski definition) is 0. The summed E-state index contributed by atoms with van der Waals surface area (Å²) in [6.45, 7) is 10.8. The highest BCUT2D eigenvalue weighted by atomic mass is 16.6. The summed E-state index contributed by atoms with van der Waals surface area (Å²) >= 11 is 0. The fraction of sp³-hybridized carbons (Fsp3) is 0.727. The van der Waals surface area contributed by atoms with E-state index >= 15 is 0 Å². The zero-order valence-corrected chi connectivity index (χ0v) is 15.6. The lowest BCUT2D eigenvalue weighted by atomic mass is 9.45. The van der Waals surface area contributed by atoms with Gasteiger partial charge >= 0.3 is 0 Å². The topological polar surface area (TPSA) is 46.7 Å². The number of Topliss-reactive ketones (excluding diaryl/α,β-unsaturated/α-hetero) is 1. The number of rotatable bonds is 1. The van der Waals surface area contributed by atoms with Gasteiger partial charge in [-0.3, -0.25) is 9.59 Å². The van der Waals surface area contributed by atoms with E-state index in [2.05, 4.69) is 20.4 Å². The van der Waals surface area contributed by atoms with Crippen LogP contribution in [-0.4, -0.2) is 23.3 Å². The first-order valence-corrected chi connectivity index (χ1v) is 9.86. The van der Waals surface area contributed by atoms with Gasteiger partial charge in [-0.15, -0.1) is 0 Å². The Bertz CT molecular complexity index is 748. The van der Waals surface area contributed by atoms with Crippen molar-refractivity contribution in [1.82, 2.24) is 0 Å². The number of epoxide rings is 1. The third kappa shape index (κ3) is 1.67. The maximum absolute atomic E-state index is 12.4. The summed E-state index contributed by atoms with van der Waals surface area (Å²) in [4.78, 5) is 24.4. The van der Waals surface area contributed by atoms with Crippen LogP contribution in [0.3, 0.4) is 0 Å². The Morgan fingerprint density at radius 2 is 2.04 bits per heavy atom. The molecule has 134 valence electrons. The summed E-state index contributed by atoms with van der Waals surface area (Å²) < 4.78 is 6.00. The van der Waals surface area contributed by atoms with Crippen LogP contribution in [0.15, 0.2) is 23.8 Å². The molecular weight excluding hydrogens is 312 g/mol. The van der Waals surface area contributed by atoms with Gasteiger partial charge in [-0.05, 0) is 73.8 Å². The van der Waals surface area contributed by atoms with Crippen molar-refractivity contribution in [2.75, 3.05) is 0 Å². The van der Waals surface area contributed by atoms with Crippen LogP contribution in [0.1, 0.15) is 59.3 Å². The van der Waals surface area contributed by atoms with Crippen LogP contribution in [0.4, 0.5) is 0 Å². The quantitative estimate of drug-likeness (QED) is 0.677. The fourth-order valence-electron chi connectivity index (χ4n) is 7.63. The first-order chi connectivity index (χ1) is 11.7. The van der Waals surface area contributed by atoms with Gasteiger partial charge in [0.05, 0.1) is 6.10 Å². The highest BCUT2D eigenvalue weighted by molar-refractivity contribution is 5.92. The number of carbonyl (C=O) groups excluding carboxylic acids is 2. The van der Waals surface area contributed by atoms with Gasteiger partial charge in [-0.25, -0.2) is 0 Å². The molecule has 0 amide bonds. The maximum Gasteiger partial charge on any atom is 0.164 e. The molecule has 5 rings (SSSR count).